The molecular weight excluding hydrogens is 387 g/mol. The molecule has 4 rings (SSSR count). The van der Waals surface area contributed by atoms with Crippen molar-refractivity contribution in [1.29, 1.82) is 0 Å². The highest BCUT2D eigenvalue weighted by atomic mass is 19.4. The molecule has 0 aliphatic carbocycles. The molecule has 0 radical (unpaired) electrons. The zero-order chi connectivity index (χ0) is 20.4. The van der Waals surface area contributed by atoms with Crippen molar-refractivity contribution in [2.45, 2.75) is 26.2 Å². The van der Waals surface area contributed by atoms with E-state index in [-0.39, 0.29) is 6.79 Å². The molecule has 2 heterocycles. The molecule has 1 aliphatic heterocycles. The second-order valence-corrected chi connectivity index (χ2v) is 6.51. The number of halogens is 3. The van der Waals surface area contributed by atoms with E-state index in [0.29, 0.717) is 36.9 Å². The topological polar surface area (TPSA) is 65.3 Å². The summed E-state index contributed by atoms with van der Waals surface area (Å²) in [5.41, 5.74) is 0.730. The van der Waals surface area contributed by atoms with Gasteiger partial charge in [-0.25, -0.2) is 0 Å². The highest BCUT2D eigenvalue weighted by Gasteiger charge is 2.30. The number of hydrogen-bond acceptors (Lipinski definition) is 6. The number of benzene rings is 2. The fourth-order valence-corrected chi connectivity index (χ4v) is 3.13. The van der Waals surface area contributed by atoms with E-state index in [2.05, 4.69) is 20.4 Å². The third-order valence-corrected chi connectivity index (χ3v) is 4.66. The van der Waals surface area contributed by atoms with Crippen LogP contribution in [-0.2, 0) is 19.3 Å². The Kier molecular flexibility index (Phi) is 5.10. The van der Waals surface area contributed by atoms with Crippen LogP contribution in [0.5, 0.6) is 11.5 Å². The second-order valence-electron chi connectivity index (χ2n) is 6.51. The first-order chi connectivity index (χ1) is 14.0. The van der Waals surface area contributed by atoms with E-state index in [1.54, 1.807) is 0 Å². The number of fused-ring (bicyclic) bond motifs is 1. The monoisotopic (exact) mass is 405 g/mol. The quantitative estimate of drug-likeness (QED) is 0.626. The number of alkyl halides is 3. The van der Waals surface area contributed by atoms with Crippen LogP contribution >= 0.6 is 0 Å². The van der Waals surface area contributed by atoms with Crippen LogP contribution in [-0.4, -0.2) is 38.4 Å². The van der Waals surface area contributed by atoms with Gasteiger partial charge in [0.15, 0.2) is 17.3 Å². The Morgan fingerprint density at radius 1 is 1.07 bits per heavy atom. The maximum atomic E-state index is 12.8. The Morgan fingerprint density at radius 2 is 1.86 bits per heavy atom. The molecule has 0 spiro atoms. The normalized spacial score (nSPS) is 13.3. The third-order valence-electron chi connectivity index (χ3n) is 4.66. The number of rotatable bonds is 6. The summed E-state index contributed by atoms with van der Waals surface area (Å²) < 4.78 is 50.8. The Morgan fingerprint density at radius 3 is 2.59 bits per heavy atom. The van der Waals surface area contributed by atoms with Crippen LogP contribution in [0, 0.1) is 0 Å². The largest absolute Gasteiger partial charge is 0.454 e. The van der Waals surface area contributed by atoms with E-state index in [1.165, 1.54) is 16.8 Å². The van der Waals surface area contributed by atoms with Gasteiger partial charge < -0.3 is 9.47 Å². The average Bonchev–Trinajstić information content (AvgIpc) is 3.36. The van der Waals surface area contributed by atoms with Gasteiger partial charge >= 0.3 is 6.18 Å². The Balaban J connectivity index is 1.53. The lowest BCUT2D eigenvalue weighted by atomic mass is 10.1. The van der Waals surface area contributed by atoms with E-state index in [1.807, 2.05) is 25.1 Å². The van der Waals surface area contributed by atoms with Gasteiger partial charge in [-0.2, -0.15) is 17.9 Å². The molecule has 0 bridgehead atoms. The molecule has 29 heavy (non-hydrogen) atoms. The Labute approximate surface area is 164 Å². The lowest BCUT2D eigenvalue weighted by Gasteiger charge is -2.20. The van der Waals surface area contributed by atoms with Gasteiger partial charge in [0, 0.05) is 12.1 Å². The zero-order valence-corrected chi connectivity index (χ0v) is 15.6. The molecule has 152 valence electrons. The number of para-hydroxylation sites is 1. The minimum Gasteiger partial charge on any atom is -0.454 e. The lowest BCUT2D eigenvalue weighted by Crippen LogP contribution is -2.24. The summed E-state index contributed by atoms with van der Waals surface area (Å²) in [6.45, 7) is 3.92. The van der Waals surface area contributed by atoms with Crippen molar-refractivity contribution in [2.75, 3.05) is 13.3 Å². The van der Waals surface area contributed by atoms with Crippen molar-refractivity contribution in [3.05, 3.63) is 59.4 Å². The molecule has 0 fully saturated rings. The molecule has 10 heteroatoms. The minimum atomic E-state index is -4.39. The summed E-state index contributed by atoms with van der Waals surface area (Å²) in [6.07, 6.45) is -4.39. The standard InChI is InChI=1S/C19H18F3N5O2/c1-2-26(10-13-4-3-5-16-18(13)29-12-28-16)11-17-23-24-25-27(17)15-8-6-14(7-9-15)19(20,21)22/h3-9H,2,10-12H2,1H3. The summed E-state index contributed by atoms with van der Waals surface area (Å²) in [6, 6.07) is 10.5. The highest BCUT2D eigenvalue weighted by Crippen LogP contribution is 2.36. The molecule has 0 N–H and O–H groups in total. The summed E-state index contributed by atoms with van der Waals surface area (Å²) in [7, 11) is 0. The van der Waals surface area contributed by atoms with Crippen LogP contribution in [0.15, 0.2) is 42.5 Å². The predicted molar refractivity (Wildman–Crippen MR) is 96.5 cm³/mol. The van der Waals surface area contributed by atoms with Crippen LogP contribution < -0.4 is 9.47 Å². The second kappa shape index (κ2) is 7.70. The van der Waals surface area contributed by atoms with Crippen molar-refractivity contribution in [2.24, 2.45) is 0 Å². The molecule has 3 aromatic rings. The Bertz CT molecular complexity index is 988. The number of tetrazole rings is 1. The van der Waals surface area contributed by atoms with Crippen LogP contribution in [0.25, 0.3) is 5.69 Å². The van der Waals surface area contributed by atoms with Gasteiger partial charge in [-0.15, -0.1) is 5.10 Å². The van der Waals surface area contributed by atoms with E-state index in [4.69, 9.17) is 9.47 Å². The van der Waals surface area contributed by atoms with Gasteiger partial charge in [0.2, 0.25) is 6.79 Å². The van der Waals surface area contributed by atoms with Gasteiger partial charge in [0.1, 0.15) is 0 Å². The first kappa shape index (κ1) is 19.2. The fraction of sp³-hybridized carbons (Fsp3) is 0.316. The molecule has 1 aromatic heterocycles. The summed E-state index contributed by atoms with van der Waals surface area (Å²) in [4.78, 5) is 2.10. The average molecular weight is 405 g/mol. The minimum absolute atomic E-state index is 0.199. The van der Waals surface area contributed by atoms with Gasteiger partial charge in [0.05, 0.1) is 17.8 Å². The van der Waals surface area contributed by atoms with Gasteiger partial charge in [-0.3, -0.25) is 4.90 Å². The first-order valence-electron chi connectivity index (χ1n) is 9.00. The number of hydrogen-bond donors (Lipinski definition) is 0. The van der Waals surface area contributed by atoms with Crippen LogP contribution in [0.3, 0.4) is 0 Å². The van der Waals surface area contributed by atoms with Gasteiger partial charge in [-0.1, -0.05) is 19.1 Å². The highest BCUT2D eigenvalue weighted by molar-refractivity contribution is 5.48. The van der Waals surface area contributed by atoms with E-state index < -0.39 is 11.7 Å². The maximum absolute atomic E-state index is 12.8. The van der Waals surface area contributed by atoms with E-state index in [9.17, 15) is 13.2 Å². The Hall–Kier alpha value is -3.14. The van der Waals surface area contributed by atoms with Gasteiger partial charge in [0.25, 0.3) is 0 Å². The molecule has 2 aromatic carbocycles. The SMILES string of the molecule is CCN(Cc1cccc2c1OCO2)Cc1nnnn1-c1ccc(C(F)(F)F)cc1. The van der Waals surface area contributed by atoms with Crippen molar-refractivity contribution >= 4 is 0 Å². The summed E-state index contributed by atoms with van der Waals surface area (Å²) in [5, 5.41) is 11.7. The van der Waals surface area contributed by atoms with Crippen molar-refractivity contribution < 1.29 is 22.6 Å². The molecule has 0 unspecified atom stereocenters. The molecule has 1 aliphatic rings. The molecule has 0 amide bonds. The fourth-order valence-electron chi connectivity index (χ4n) is 3.13. The number of aromatic nitrogens is 4. The molecular formula is C19H18F3N5O2. The summed E-state index contributed by atoms with van der Waals surface area (Å²) in [5.74, 6) is 1.97. The number of ether oxygens (including phenoxy) is 2. The zero-order valence-electron chi connectivity index (χ0n) is 15.6. The lowest BCUT2D eigenvalue weighted by molar-refractivity contribution is -0.137. The van der Waals surface area contributed by atoms with E-state index >= 15 is 0 Å². The molecule has 7 nitrogen and oxygen atoms in total. The maximum Gasteiger partial charge on any atom is 0.416 e. The van der Waals surface area contributed by atoms with Crippen LogP contribution in [0.1, 0.15) is 23.9 Å². The molecule has 0 saturated carbocycles. The molecule has 0 saturated heterocycles. The van der Waals surface area contributed by atoms with Crippen molar-refractivity contribution in [3.63, 3.8) is 0 Å². The smallest absolute Gasteiger partial charge is 0.416 e. The van der Waals surface area contributed by atoms with Gasteiger partial charge in [-0.05, 0) is 47.3 Å². The van der Waals surface area contributed by atoms with Crippen molar-refractivity contribution in [3.8, 4) is 17.2 Å². The van der Waals surface area contributed by atoms with Crippen molar-refractivity contribution in [1.82, 2.24) is 25.1 Å². The predicted octanol–water partition coefficient (Wildman–Crippen LogP) is 3.43. The summed E-state index contributed by atoms with van der Waals surface area (Å²) >= 11 is 0. The van der Waals surface area contributed by atoms with E-state index in [0.717, 1.165) is 23.4 Å². The molecule has 0 atom stereocenters. The first-order valence-corrected chi connectivity index (χ1v) is 9.00. The third kappa shape index (κ3) is 4.02. The number of nitrogens with zero attached hydrogens (tertiary/aromatic N) is 5. The van der Waals surface area contributed by atoms with Crippen LogP contribution in [0.4, 0.5) is 13.2 Å². The van der Waals surface area contributed by atoms with Crippen LogP contribution in [0.2, 0.25) is 0 Å².